The predicted molar refractivity (Wildman–Crippen MR) is 73.9 cm³/mol. The number of benzene rings is 1. The van der Waals surface area contributed by atoms with E-state index in [1.54, 1.807) is 6.20 Å². The van der Waals surface area contributed by atoms with Crippen molar-refractivity contribution in [2.75, 3.05) is 11.9 Å². The van der Waals surface area contributed by atoms with Gasteiger partial charge in [0.05, 0.1) is 23.2 Å². The highest BCUT2D eigenvalue weighted by atomic mass is 16.5. The number of para-hydroxylation sites is 1. The summed E-state index contributed by atoms with van der Waals surface area (Å²) in [7, 11) is 0. The summed E-state index contributed by atoms with van der Waals surface area (Å²) in [5, 5.41) is 3.96. The lowest BCUT2D eigenvalue weighted by atomic mass is 10.0. The van der Waals surface area contributed by atoms with Crippen LogP contribution in [0, 0.1) is 5.92 Å². The van der Waals surface area contributed by atoms with Crippen molar-refractivity contribution in [3.63, 3.8) is 0 Å². The van der Waals surface area contributed by atoms with Crippen molar-refractivity contribution < 1.29 is 9.53 Å². The van der Waals surface area contributed by atoms with Crippen LogP contribution in [0.5, 0.6) is 0 Å². The van der Waals surface area contributed by atoms with Gasteiger partial charge in [-0.1, -0.05) is 18.2 Å². The largest absolute Gasteiger partial charge is 0.378 e. The van der Waals surface area contributed by atoms with E-state index < -0.39 is 0 Å². The molecule has 0 unspecified atom stereocenters. The number of pyridine rings is 1. The highest BCUT2D eigenvalue weighted by molar-refractivity contribution is 6.01. The van der Waals surface area contributed by atoms with Crippen molar-refractivity contribution in [1.29, 1.82) is 0 Å². The number of rotatable bonds is 2. The Balaban J connectivity index is 1.87. The van der Waals surface area contributed by atoms with E-state index >= 15 is 0 Å². The zero-order valence-corrected chi connectivity index (χ0v) is 10.8. The summed E-state index contributed by atoms with van der Waals surface area (Å²) in [6.07, 6.45) is 2.50. The number of fused-ring (bicyclic) bond motifs is 1. The fourth-order valence-corrected chi connectivity index (χ4v) is 2.51. The number of ether oxygens (including phenoxy) is 1. The molecule has 2 heterocycles. The minimum Gasteiger partial charge on any atom is -0.378 e. The molecule has 1 aromatic carbocycles. The van der Waals surface area contributed by atoms with Gasteiger partial charge < -0.3 is 10.1 Å². The fraction of sp³-hybridized carbons (Fsp3) is 0.333. The summed E-state index contributed by atoms with van der Waals surface area (Å²) in [6, 6.07) is 9.62. The Morgan fingerprint density at radius 1 is 1.37 bits per heavy atom. The first-order chi connectivity index (χ1) is 9.25. The summed E-state index contributed by atoms with van der Waals surface area (Å²) in [4.78, 5) is 16.5. The minimum atomic E-state index is -0.0630. The second kappa shape index (κ2) is 4.97. The van der Waals surface area contributed by atoms with Crippen molar-refractivity contribution in [1.82, 2.24) is 4.98 Å². The zero-order valence-electron chi connectivity index (χ0n) is 10.8. The van der Waals surface area contributed by atoms with E-state index in [2.05, 4.69) is 10.3 Å². The number of anilines is 1. The first-order valence-electron chi connectivity index (χ1n) is 6.52. The van der Waals surface area contributed by atoms with Gasteiger partial charge in [-0.3, -0.25) is 9.78 Å². The van der Waals surface area contributed by atoms with Crippen LogP contribution in [0.15, 0.2) is 36.5 Å². The predicted octanol–water partition coefficient (Wildman–Crippen LogP) is 2.60. The second-order valence-electron chi connectivity index (χ2n) is 4.84. The molecule has 0 saturated carbocycles. The summed E-state index contributed by atoms with van der Waals surface area (Å²) < 4.78 is 5.44. The van der Waals surface area contributed by atoms with E-state index in [1.807, 2.05) is 37.3 Å². The fourth-order valence-electron chi connectivity index (χ4n) is 2.51. The Morgan fingerprint density at radius 3 is 3.00 bits per heavy atom. The SMILES string of the molecule is C[C@@H]1OCC[C@@H]1C(=O)Nc1ccnc2ccccc12. The molecule has 1 N–H and O–H groups in total. The van der Waals surface area contributed by atoms with Crippen molar-refractivity contribution >= 4 is 22.5 Å². The van der Waals surface area contributed by atoms with E-state index in [-0.39, 0.29) is 17.9 Å². The number of amides is 1. The van der Waals surface area contributed by atoms with Crippen LogP contribution in [-0.2, 0) is 9.53 Å². The molecule has 2 atom stereocenters. The number of aromatic nitrogens is 1. The summed E-state index contributed by atoms with van der Waals surface area (Å²) in [6.45, 7) is 2.61. The Hall–Kier alpha value is -1.94. The van der Waals surface area contributed by atoms with Crippen LogP contribution in [0.25, 0.3) is 10.9 Å². The van der Waals surface area contributed by atoms with Gasteiger partial charge in [-0.2, -0.15) is 0 Å². The van der Waals surface area contributed by atoms with Crippen LogP contribution < -0.4 is 5.32 Å². The van der Waals surface area contributed by atoms with Crippen molar-refractivity contribution in [2.24, 2.45) is 5.92 Å². The number of nitrogens with one attached hydrogen (secondary N) is 1. The number of hydrogen-bond acceptors (Lipinski definition) is 3. The molecule has 0 radical (unpaired) electrons. The molecule has 1 aromatic heterocycles. The average molecular weight is 256 g/mol. The normalized spacial score (nSPS) is 22.6. The van der Waals surface area contributed by atoms with Crippen LogP contribution in [0.1, 0.15) is 13.3 Å². The molecule has 1 saturated heterocycles. The number of nitrogens with zero attached hydrogens (tertiary/aromatic N) is 1. The highest BCUT2D eigenvalue weighted by Gasteiger charge is 2.30. The molecule has 3 rings (SSSR count). The highest BCUT2D eigenvalue weighted by Crippen LogP contribution is 2.25. The smallest absolute Gasteiger partial charge is 0.230 e. The van der Waals surface area contributed by atoms with Crippen LogP contribution in [-0.4, -0.2) is 23.6 Å². The molecule has 1 amide bonds. The molecule has 1 aliphatic heterocycles. The van der Waals surface area contributed by atoms with Gasteiger partial charge in [-0.15, -0.1) is 0 Å². The summed E-state index contributed by atoms with van der Waals surface area (Å²) in [5.41, 5.74) is 1.70. The van der Waals surface area contributed by atoms with Gasteiger partial charge in [0.25, 0.3) is 0 Å². The van der Waals surface area contributed by atoms with Gasteiger partial charge in [-0.05, 0) is 25.5 Å². The molecule has 98 valence electrons. The molecular formula is C15H16N2O2. The lowest BCUT2D eigenvalue weighted by molar-refractivity contribution is -0.121. The summed E-state index contributed by atoms with van der Waals surface area (Å²) >= 11 is 0. The van der Waals surface area contributed by atoms with Crippen molar-refractivity contribution in [3.8, 4) is 0 Å². The van der Waals surface area contributed by atoms with E-state index in [4.69, 9.17) is 4.74 Å². The topological polar surface area (TPSA) is 51.2 Å². The lowest BCUT2D eigenvalue weighted by Gasteiger charge is -2.15. The Labute approximate surface area is 111 Å². The molecule has 0 spiro atoms. The standard InChI is InChI=1S/C15H16N2O2/c1-10-11(7-9-19-10)15(18)17-14-6-8-16-13-5-3-2-4-12(13)14/h2-6,8,10-11H,7,9H2,1H3,(H,16,17,18)/t10-,11-/m0/s1. The molecule has 4 nitrogen and oxygen atoms in total. The second-order valence-corrected chi connectivity index (χ2v) is 4.84. The average Bonchev–Trinajstić information content (AvgIpc) is 2.85. The quantitative estimate of drug-likeness (QED) is 0.898. The Morgan fingerprint density at radius 2 is 2.21 bits per heavy atom. The zero-order chi connectivity index (χ0) is 13.2. The third kappa shape index (κ3) is 2.31. The van der Waals surface area contributed by atoms with Crippen molar-refractivity contribution in [3.05, 3.63) is 36.5 Å². The van der Waals surface area contributed by atoms with Gasteiger partial charge in [-0.25, -0.2) is 0 Å². The molecule has 19 heavy (non-hydrogen) atoms. The van der Waals surface area contributed by atoms with Gasteiger partial charge in [0.15, 0.2) is 0 Å². The molecule has 0 aliphatic carbocycles. The van der Waals surface area contributed by atoms with E-state index in [1.165, 1.54) is 0 Å². The molecule has 0 bridgehead atoms. The maximum atomic E-state index is 12.3. The van der Waals surface area contributed by atoms with E-state index in [0.717, 1.165) is 23.0 Å². The number of carbonyl (C=O) groups is 1. The van der Waals surface area contributed by atoms with E-state index in [9.17, 15) is 4.79 Å². The van der Waals surface area contributed by atoms with Gasteiger partial charge in [0, 0.05) is 18.2 Å². The molecular weight excluding hydrogens is 240 g/mol. The van der Waals surface area contributed by atoms with Crippen LogP contribution in [0.3, 0.4) is 0 Å². The minimum absolute atomic E-state index is 0.00639. The molecule has 1 fully saturated rings. The number of hydrogen-bond donors (Lipinski definition) is 1. The Kier molecular flexibility index (Phi) is 3.17. The van der Waals surface area contributed by atoms with Crippen LogP contribution in [0.2, 0.25) is 0 Å². The third-order valence-corrected chi connectivity index (χ3v) is 3.62. The third-order valence-electron chi connectivity index (χ3n) is 3.62. The molecule has 4 heteroatoms. The molecule has 1 aliphatic rings. The van der Waals surface area contributed by atoms with Crippen molar-refractivity contribution in [2.45, 2.75) is 19.4 Å². The maximum Gasteiger partial charge on any atom is 0.230 e. The Bertz CT molecular complexity index is 607. The van der Waals surface area contributed by atoms with Gasteiger partial charge >= 0.3 is 0 Å². The van der Waals surface area contributed by atoms with Gasteiger partial charge in [0.1, 0.15) is 0 Å². The van der Waals surface area contributed by atoms with E-state index in [0.29, 0.717) is 6.61 Å². The first-order valence-corrected chi connectivity index (χ1v) is 6.52. The lowest BCUT2D eigenvalue weighted by Crippen LogP contribution is -2.27. The van der Waals surface area contributed by atoms with Crippen LogP contribution >= 0.6 is 0 Å². The van der Waals surface area contributed by atoms with Gasteiger partial charge in [0.2, 0.25) is 5.91 Å². The number of carbonyl (C=O) groups excluding carboxylic acids is 1. The van der Waals surface area contributed by atoms with Crippen LogP contribution in [0.4, 0.5) is 5.69 Å². The molecule has 2 aromatic rings. The summed E-state index contributed by atoms with van der Waals surface area (Å²) in [5.74, 6) is -0.0340. The monoisotopic (exact) mass is 256 g/mol. The maximum absolute atomic E-state index is 12.3. The first kappa shape index (κ1) is 12.1.